The maximum Gasteiger partial charge on any atom is 0.322 e. The van der Waals surface area contributed by atoms with Crippen molar-refractivity contribution in [2.24, 2.45) is 0 Å². The smallest absolute Gasteiger partial charge is 0.322 e. The molecule has 0 bridgehead atoms. The van der Waals surface area contributed by atoms with Crippen LogP contribution < -0.4 is 0 Å². The Labute approximate surface area is 118 Å². The molecule has 0 aliphatic heterocycles. The zero-order chi connectivity index (χ0) is 13.5. The predicted octanol–water partition coefficient (Wildman–Crippen LogP) is 3.41. The molecule has 0 fully saturated rings. The highest BCUT2D eigenvalue weighted by atomic mass is 79.9. The summed E-state index contributed by atoms with van der Waals surface area (Å²) < 4.78 is -1.43. The van der Waals surface area contributed by atoms with E-state index < -0.39 is 22.7 Å². The average molecular weight is 374 g/mol. The summed E-state index contributed by atoms with van der Waals surface area (Å²) in [5.74, 6) is -2.26. The first-order chi connectivity index (χ1) is 7.84. The number of hydrogen-bond donors (Lipinski definition) is 2. The maximum absolute atomic E-state index is 11.1. The molecule has 2 atom stereocenters. The molecule has 0 aromatic carbocycles. The molecule has 0 rings (SSSR count). The lowest BCUT2D eigenvalue weighted by molar-refractivity contribution is -0.146. The van der Waals surface area contributed by atoms with Crippen molar-refractivity contribution in [2.75, 3.05) is 0 Å². The minimum absolute atomic E-state index is 0.388. The molecule has 4 nitrogen and oxygen atoms in total. The van der Waals surface area contributed by atoms with Gasteiger partial charge in [-0.1, -0.05) is 64.5 Å². The SMILES string of the molecule is CCCCCCC(Br)C(Br)(CC(=O)O)C(=O)O. The van der Waals surface area contributed by atoms with Crippen molar-refractivity contribution in [1.29, 1.82) is 0 Å². The third kappa shape index (κ3) is 5.86. The average Bonchev–Trinajstić information content (AvgIpc) is 2.22. The Morgan fingerprint density at radius 3 is 2.24 bits per heavy atom. The molecule has 0 saturated heterocycles. The Balaban J connectivity index is 4.38. The van der Waals surface area contributed by atoms with E-state index in [0.29, 0.717) is 6.42 Å². The predicted molar refractivity (Wildman–Crippen MR) is 73.0 cm³/mol. The third-order valence-corrected chi connectivity index (χ3v) is 5.60. The van der Waals surface area contributed by atoms with Crippen LogP contribution in [0.1, 0.15) is 45.4 Å². The summed E-state index contributed by atoms with van der Waals surface area (Å²) in [5, 5.41) is 17.9. The number of carbonyl (C=O) groups is 2. The van der Waals surface area contributed by atoms with Gasteiger partial charge in [0.15, 0.2) is 0 Å². The van der Waals surface area contributed by atoms with Gasteiger partial charge in [-0.05, 0) is 6.42 Å². The molecule has 0 spiro atoms. The highest BCUT2D eigenvalue weighted by molar-refractivity contribution is 9.12. The Hall–Kier alpha value is -0.100. The number of unbranched alkanes of at least 4 members (excludes halogenated alkanes) is 3. The van der Waals surface area contributed by atoms with Gasteiger partial charge in [0.05, 0.1) is 6.42 Å². The first kappa shape index (κ1) is 16.9. The summed E-state index contributed by atoms with van der Waals surface area (Å²) in [6.45, 7) is 2.10. The minimum Gasteiger partial charge on any atom is -0.481 e. The topological polar surface area (TPSA) is 74.6 Å². The van der Waals surface area contributed by atoms with Gasteiger partial charge in [-0.2, -0.15) is 0 Å². The molecule has 0 aromatic heterocycles. The summed E-state index contributed by atoms with van der Waals surface area (Å²) in [7, 11) is 0. The van der Waals surface area contributed by atoms with Crippen LogP contribution in [0.4, 0.5) is 0 Å². The summed E-state index contributed by atoms with van der Waals surface area (Å²) in [6.07, 6.45) is 4.36. The fraction of sp³-hybridized carbons (Fsp3) is 0.818. The fourth-order valence-electron chi connectivity index (χ4n) is 1.52. The molecule has 0 heterocycles. The van der Waals surface area contributed by atoms with Gasteiger partial charge in [-0.25, -0.2) is 0 Å². The highest BCUT2D eigenvalue weighted by Gasteiger charge is 2.44. The second-order valence-electron chi connectivity index (χ2n) is 4.06. The number of hydrogen-bond acceptors (Lipinski definition) is 2. The second-order valence-corrected chi connectivity index (χ2v) is 6.58. The summed E-state index contributed by atoms with van der Waals surface area (Å²) in [5.41, 5.74) is 0. The summed E-state index contributed by atoms with van der Waals surface area (Å²) in [4.78, 5) is 21.4. The van der Waals surface area contributed by atoms with Crippen LogP contribution in [0.5, 0.6) is 0 Å². The van der Waals surface area contributed by atoms with E-state index in [9.17, 15) is 9.59 Å². The first-order valence-electron chi connectivity index (χ1n) is 5.62. The molecular formula is C11H18Br2O4. The third-order valence-electron chi connectivity index (χ3n) is 2.57. The highest BCUT2D eigenvalue weighted by Crippen LogP contribution is 2.35. The number of aliphatic carboxylic acids is 2. The molecule has 6 heteroatoms. The molecule has 0 aliphatic carbocycles. The Morgan fingerprint density at radius 1 is 1.24 bits per heavy atom. The molecule has 0 aromatic rings. The van der Waals surface area contributed by atoms with Crippen LogP contribution >= 0.6 is 31.9 Å². The Bertz CT molecular complexity index is 270. The van der Waals surface area contributed by atoms with Crippen LogP contribution in [0, 0.1) is 0 Å². The second kappa shape index (κ2) is 8.08. The Morgan fingerprint density at radius 2 is 1.82 bits per heavy atom. The van der Waals surface area contributed by atoms with Gasteiger partial charge in [0.1, 0.15) is 4.32 Å². The van der Waals surface area contributed by atoms with Crippen LogP contribution in [-0.4, -0.2) is 31.3 Å². The van der Waals surface area contributed by atoms with Crippen molar-refractivity contribution >= 4 is 43.8 Å². The first-order valence-corrected chi connectivity index (χ1v) is 7.33. The summed E-state index contributed by atoms with van der Waals surface area (Å²) >= 11 is 6.35. The number of halogens is 2. The van der Waals surface area contributed by atoms with Gasteiger partial charge >= 0.3 is 11.9 Å². The van der Waals surface area contributed by atoms with E-state index in [1.54, 1.807) is 0 Å². The molecule has 0 aliphatic rings. The van der Waals surface area contributed by atoms with Gasteiger partial charge in [0, 0.05) is 4.83 Å². The van der Waals surface area contributed by atoms with Crippen LogP contribution in [0.25, 0.3) is 0 Å². The van der Waals surface area contributed by atoms with Crippen LogP contribution in [0.15, 0.2) is 0 Å². The van der Waals surface area contributed by atoms with Crippen LogP contribution in [0.2, 0.25) is 0 Å². The number of carboxylic acids is 2. The maximum atomic E-state index is 11.1. The molecule has 100 valence electrons. The van der Waals surface area contributed by atoms with E-state index in [1.807, 2.05) is 0 Å². The molecule has 0 amide bonds. The van der Waals surface area contributed by atoms with Crippen LogP contribution in [0.3, 0.4) is 0 Å². The van der Waals surface area contributed by atoms with Crippen molar-refractivity contribution in [3.63, 3.8) is 0 Å². The lowest BCUT2D eigenvalue weighted by Crippen LogP contribution is -2.42. The lowest BCUT2D eigenvalue weighted by atomic mass is 9.97. The van der Waals surface area contributed by atoms with Crippen molar-refractivity contribution < 1.29 is 19.8 Å². The molecule has 0 radical (unpaired) electrons. The summed E-state index contributed by atoms with van der Waals surface area (Å²) in [6, 6.07) is 0. The molecule has 2 N–H and O–H groups in total. The van der Waals surface area contributed by atoms with E-state index in [4.69, 9.17) is 10.2 Å². The van der Waals surface area contributed by atoms with Crippen LogP contribution in [-0.2, 0) is 9.59 Å². The zero-order valence-corrected chi connectivity index (χ0v) is 13.0. The van der Waals surface area contributed by atoms with Crippen molar-refractivity contribution in [1.82, 2.24) is 0 Å². The van der Waals surface area contributed by atoms with Gasteiger partial charge in [-0.3, -0.25) is 9.59 Å². The van der Waals surface area contributed by atoms with Gasteiger partial charge in [-0.15, -0.1) is 0 Å². The Kier molecular flexibility index (Phi) is 8.03. The number of rotatable bonds is 9. The fourth-order valence-corrected chi connectivity index (χ4v) is 2.67. The van der Waals surface area contributed by atoms with Gasteiger partial charge in [0.2, 0.25) is 0 Å². The van der Waals surface area contributed by atoms with Gasteiger partial charge in [0.25, 0.3) is 0 Å². The quantitative estimate of drug-likeness (QED) is 0.479. The molecule has 2 unspecified atom stereocenters. The number of carboxylic acid groups (broad SMARTS) is 2. The monoisotopic (exact) mass is 372 g/mol. The van der Waals surface area contributed by atoms with E-state index in [0.717, 1.165) is 25.7 Å². The molecular weight excluding hydrogens is 356 g/mol. The molecule has 0 saturated carbocycles. The largest absolute Gasteiger partial charge is 0.481 e. The van der Waals surface area contributed by atoms with E-state index in [2.05, 4.69) is 38.8 Å². The van der Waals surface area contributed by atoms with Crippen molar-refractivity contribution in [3.05, 3.63) is 0 Å². The van der Waals surface area contributed by atoms with E-state index in [-0.39, 0.29) is 4.83 Å². The van der Waals surface area contributed by atoms with E-state index in [1.165, 1.54) is 0 Å². The minimum atomic E-state index is -1.43. The van der Waals surface area contributed by atoms with Crippen molar-refractivity contribution in [2.45, 2.75) is 54.6 Å². The lowest BCUT2D eigenvalue weighted by Gasteiger charge is -2.26. The van der Waals surface area contributed by atoms with E-state index >= 15 is 0 Å². The standard InChI is InChI=1S/C11H18Br2O4/c1-2-3-4-5-6-8(12)11(13,10(16)17)7-9(14)15/h8H,2-7H2,1H3,(H,14,15)(H,16,17). The normalized spacial score (nSPS) is 16.2. The molecule has 17 heavy (non-hydrogen) atoms. The number of alkyl halides is 2. The van der Waals surface area contributed by atoms with Gasteiger partial charge < -0.3 is 10.2 Å². The van der Waals surface area contributed by atoms with Crippen molar-refractivity contribution in [3.8, 4) is 0 Å². The zero-order valence-electron chi connectivity index (χ0n) is 9.79.